The van der Waals surface area contributed by atoms with Gasteiger partial charge in [-0.3, -0.25) is 4.79 Å². The van der Waals surface area contributed by atoms with Crippen molar-refractivity contribution in [2.24, 2.45) is 11.8 Å². The molecule has 150 valence electrons. The van der Waals surface area contributed by atoms with E-state index >= 15 is 0 Å². The summed E-state index contributed by atoms with van der Waals surface area (Å²) < 4.78 is 0. The van der Waals surface area contributed by atoms with E-state index in [9.17, 15) is 19.8 Å². The number of amides is 1. The van der Waals surface area contributed by atoms with E-state index in [0.717, 1.165) is 16.9 Å². The highest BCUT2D eigenvalue weighted by molar-refractivity contribution is 7.18. The quantitative estimate of drug-likeness (QED) is 0.764. The molecule has 1 aromatic carbocycles. The van der Waals surface area contributed by atoms with E-state index < -0.39 is 18.0 Å². The van der Waals surface area contributed by atoms with Gasteiger partial charge in [0, 0.05) is 10.9 Å². The third-order valence-electron chi connectivity index (χ3n) is 5.37. The van der Waals surface area contributed by atoms with E-state index in [2.05, 4.69) is 6.92 Å². The molecule has 28 heavy (non-hydrogen) atoms. The first-order valence-corrected chi connectivity index (χ1v) is 10.5. The molecule has 6 heteroatoms. The molecule has 1 saturated carbocycles. The number of benzene rings is 1. The summed E-state index contributed by atoms with van der Waals surface area (Å²) in [5.74, 6) is -1.32. The molecule has 0 bridgehead atoms. The Kier molecular flexibility index (Phi) is 6.20. The van der Waals surface area contributed by atoms with E-state index in [1.165, 1.54) is 11.3 Å². The second-order valence-corrected chi connectivity index (χ2v) is 8.94. The van der Waals surface area contributed by atoms with Crippen LogP contribution in [0, 0.1) is 11.8 Å². The fraction of sp³-hybridized carbons (Fsp3) is 0.455. The lowest BCUT2D eigenvalue weighted by Crippen LogP contribution is -2.46. The van der Waals surface area contributed by atoms with Crippen LogP contribution in [-0.4, -0.2) is 34.2 Å². The van der Waals surface area contributed by atoms with Gasteiger partial charge in [-0.05, 0) is 50.7 Å². The van der Waals surface area contributed by atoms with Crippen molar-refractivity contribution in [2.45, 2.75) is 52.2 Å². The highest BCUT2D eigenvalue weighted by Crippen LogP contribution is 2.39. The van der Waals surface area contributed by atoms with Gasteiger partial charge in [-0.2, -0.15) is 0 Å². The molecule has 1 amide bonds. The van der Waals surface area contributed by atoms with Crippen molar-refractivity contribution in [3.63, 3.8) is 0 Å². The summed E-state index contributed by atoms with van der Waals surface area (Å²) in [7, 11) is 0. The molecule has 0 saturated heterocycles. The first-order chi connectivity index (χ1) is 13.3. The van der Waals surface area contributed by atoms with Crippen LogP contribution < -0.4 is 4.90 Å². The van der Waals surface area contributed by atoms with Crippen molar-refractivity contribution < 1.29 is 19.8 Å². The lowest BCUT2D eigenvalue weighted by molar-refractivity contribution is -0.128. The molecule has 3 rings (SSSR count). The van der Waals surface area contributed by atoms with Crippen molar-refractivity contribution in [3.8, 4) is 10.4 Å². The minimum absolute atomic E-state index is 0.152. The number of thiophene rings is 1. The number of nitrogens with zero attached hydrogens (tertiary/aromatic N) is 1. The van der Waals surface area contributed by atoms with Crippen LogP contribution in [0.1, 0.15) is 49.7 Å². The number of carbonyl (C=O) groups excluding carboxylic acids is 1. The number of hydrogen-bond donors (Lipinski definition) is 2. The Labute approximate surface area is 169 Å². The minimum atomic E-state index is -1.04. The van der Waals surface area contributed by atoms with Gasteiger partial charge in [0.1, 0.15) is 4.88 Å². The van der Waals surface area contributed by atoms with E-state index in [-0.39, 0.29) is 16.8 Å². The van der Waals surface area contributed by atoms with Gasteiger partial charge in [0.15, 0.2) is 0 Å². The Bertz CT molecular complexity index is 845. The first kappa shape index (κ1) is 20.6. The average Bonchev–Trinajstić information content (AvgIpc) is 3.07. The molecule has 3 atom stereocenters. The van der Waals surface area contributed by atoms with Gasteiger partial charge >= 0.3 is 5.97 Å². The molecule has 0 aliphatic heterocycles. The van der Waals surface area contributed by atoms with Crippen LogP contribution in [-0.2, 0) is 4.79 Å². The Morgan fingerprint density at radius 1 is 1.18 bits per heavy atom. The molecule has 1 aromatic heterocycles. The molecule has 0 spiro atoms. The number of aromatic carboxylic acids is 1. The zero-order chi connectivity index (χ0) is 20.4. The van der Waals surface area contributed by atoms with E-state index in [1.807, 2.05) is 44.2 Å². The van der Waals surface area contributed by atoms with Crippen LogP contribution in [0.5, 0.6) is 0 Å². The summed E-state index contributed by atoms with van der Waals surface area (Å²) in [6.45, 7) is 5.83. The smallest absolute Gasteiger partial charge is 0.348 e. The molecule has 1 heterocycles. The highest BCUT2D eigenvalue weighted by Gasteiger charge is 2.38. The fourth-order valence-electron chi connectivity index (χ4n) is 3.93. The Hall–Kier alpha value is -2.18. The number of carboxylic acids is 1. The maximum atomic E-state index is 13.4. The number of hydrogen-bond acceptors (Lipinski definition) is 4. The highest BCUT2D eigenvalue weighted by atomic mass is 32.1. The van der Waals surface area contributed by atoms with Crippen LogP contribution >= 0.6 is 11.3 Å². The standard InChI is InChI=1S/C22H27NO4S/c1-13(2)23(21(25)16-10-9-14(3)11-18(16)24)17-12-19(28-20(17)22(26)27)15-7-5-4-6-8-15/h4-8,12-14,16,18,24H,9-11H2,1-3H3,(H,26,27)/t14-,16?,18-/m1/s1. The fourth-order valence-corrected chi connectivity index (χ4v) is 4.92. The molecule has 5 nitrogen and oxygen atoms in total. The number of aliphatic hydroxyl groups is 1. The number of carbonyl (C=O) groups is 2. The lowest BCUT2D eigenvalue weighted by Gasteiger charge is -2.36. The molecule has 1 fully saturated rings. The van der Waals surface area contributed by atoms with Gasteiger partial charge in [0.05, 0.1) is 17.7 Å². The van der Waals surface area contributed by atoms with Crippen LogP contribution in [0.3, 0.4) is 0 Å². The van der Waals surface area contributed by atoms with Crippen LogP contribution in [0.25, 0.3) is 10.4 Å². The Morgan fingerprint density at radius 3 is 2.43 bits per heavy atom. The zero-order valence-corrected chi connectivity index (χ0v) is 17.3. The number of carboxylic acid groups (broad SMARTS) is 1. The molecule has 2 aromatic rings. The third-order valence-corrected chi connectivity index (χ3v) is 6.54. The topological polar surface area (TPSA) is 77.8 Å². The monoisotopic (exact) mass is 401 g/mol. The molecular formula is C22H27NO4S. The van der Waals surface area contributed by atoms with Crippen molar-refractivity contribution in [3.05, 3.63) is 41.3 Å². The maximum Gasteiger partial charge on any atom is 0.348 e. The van der Waals surface area contributed by atoms with E-state index in [4.69, 9.17) is 0 Å². The number of rotatable bonds is 5. The first-order valence-electron chi connectivity index (χ1n) is 9.73. The largest absolute Gasteiger partial charge is 0.477 e. The van der Waals surface area contributed by atoms with Gasteiger partial charge in [0.2, 0.25) is 5.91 Å². The van der Waals surface area contributed by atoms with E-state index in [1.54, 1.807) is 11.0 Å². The van der Waals surface area contributed by atoms with Crippen LogP contribution in [0.4, 0.5) is 5.69 Å². The number of aliphatic hydroxyl groups excluding tert-OH is 1. The minimum Gasteiger partial charge on any atom is -0.477 e. The predicted octanol–water partition coefficient (Wildman–Crippen LogP) is 4.65. The summed E-state index contributed by atoms with van der Waals surface area (Å²) >= 11 is 1.18. The van der Waals surface area contributed by atoms with Gasteiger partial charge in [-0.25, -0.2) is 4.79 Å². The molecule has 1 aliphatic carbocycles. The summed E-state index contributed by atoms with van der Waals surface area (Å²) in [5.41, 5.74) is 1.34. The average molecular weight is 402 g/mol. The Morgan fingerprint density at radius 2 is 1.86 bits per heavy atom. The summed E-state index contributed by atoms with van der Waals surface area (Å²) in [6, 6.07) is 11.1. The molecule has 1 aliphatic rings. The maximum absolute atomic E-state index is 13.4. The van der Waals surface area contributed by atoms with Crippen molar-refractivity contribution in [2.75, 3.05) is 4.90 Å². The SMILES string of the molecule is CC(C)N(C(=O)C1CC[C@@H](C)C[C@H]1O)c1cc(-c2ccccc2)sc1C(=O)O. The van der Waals surface area contributed by atoms with E-state index in [0.29, 0.717) is 24.4 Å². The molecule has 1 unspecified atom stereocenters. The summed E-state index contributed by atoms with van der Waals surface area (Å²) in [6.07, 6.45) is 1.44. The number of anilines is 1. The van der Waals surface area contributed by atoms with Crippen LogP contribution in [0.15, 0.2) is 36.4 Å². The predicted molar refractivity (Wildman–Crippen MR) is 112 cm³/mol. The lowest BCUT2D eigenvalue weighted by atomic mass is 9.80. The second kappa shape index (κ2) is 8.45. The van der Waals surface area contributed by atoms with Gasteiger partial charge < -0.3 is 15.1 Å². The van der Waals surface area contributed by atoms with Crippen molar-refractivity contribution >= 4 is 28.9 Å². The van der Waals surface area contributed by atoms with Crippen LogP contribution in [0.2, 0.25) is 0 Å². The van der Waals surface area contributed by atoms with Gasteiger partial charge in [-0.1, -0.05) is 37.3 Å². The summed E-state index contributed by atoms with van der Waals surface area (Å²) in [5, 5.41) is 20.2. The van der Waals surface area contributed by atoms with Gasteiger partial charge in [0.25, 0.3) is 0 Å². The second-order valence-electron chi connectivity index (χ2n) is 7.89. The van der Waals surface area contributed by atoms with Gasteiger partial charge in [-0.15, -0.1) is 11.3 Å². The van der Waals surface area contributed by atoms with Crippen molar-refractivity contribution in [1.29, 1.82) is 0 Å². The summed E-state index contributed by atoms with van der Waals surface area (Å²) in [4.78, 5) is 27.8. The molecule has 2 N–H and O–H groups in total. The third kappa shape index (κ3) is 4.13. The Balaban J connectivity index is 2.01. The molecular weight excluding hydrogens is 374 g/mol. The normalized spacial score (nSPS) is 22.2. The molecule has 0 radical (unpaired) electrons. The van der Waals surface area contributed by atoms with Crippen molar-refractivity contribution in [1.82, 2.24) is 0 Å². The zero-order valence-electron chi connectivity index (χ0n) is 16.5.